The summed E-state index contributed by atoms with van der Waals surface area (Å²) in [6.07, 6.45) is 10.4. The summed E-state index contributed by atoms with van der Waals surface area (Å²) in [5.74, 6) is 1.18. The second-order valence-corrected chi connectivity index (χ2v) is 6.03. The van der Waals surface area contributed by atoms with Gasteiger partial charge in [-0.2, -0.15) is 0 Å². The molecule has 5 nitrogen and oxygen atoms in total. The van der Waals surface area contributed by atoms with Crippen molar-refractivity contribution in [2.75, 3.05) is 5.32 Å². The van der Waals surface area contributed by atoms with Crippen molar-refractivity contribution in [3.8, 4) is 5.82 Å². The minimum Gasteiger partial charge on any atom is -0.325 e. The second-order valence-electron chi connectivity index (χ2n) is 6.03. The zero-order valence-corrected chi connectivity index (χ0v) is 13.2. The van der Waals surface area contributed by atoms with Gasteiger partial charge in [0.1, 0.15) is 12.1 Å². The molecule has 1 aliphatic carbocycles. The molecule has 0 saturated heterocycles. The highest BCUT2D eigenvalue weighted by Crippen LogP contribution is 2.21. The number of anilines is 1. The standard InChI is InChI=1S/C19H18N4O/c24-19(11-14-5-1-2-6-14)22-15-9-10-18(20-12-15)23-13-21-16-7-3-4-8-17(16)23/h1,3-5,7-10,12-14H,2,6,11H2,(H,22,24)/t14-/m1/s1. The van der Waals surface area contributed by atoms with E-state index >= 15 is 0 Å². The van der Waals surface area contributed by atoms with Gasteiger partial charge in [-0.1, -0.05) is 24.3 Å². The normalized spacial score (nSPS) is 16.6. The molecule has 1 aliphatic rings. The zero-order chi connectivity index (χ0) is 16.4. The molecule has 1 aromatic carbocycles. The Morgan fingerprint density at radius 3 is 2.92 bits per heavy atom. The lowest BCUT2D eigenvalue weighted by Gasteiger charge is -2.09. The number of rotatable bonds is 4. The van der Waals surface area contributed by atoms with Crippen LogP contribution >= 0.6 is 0 Å². The number of fused-ring (bicyclic) bond motifs is 1. The van der Waals surface area contributed by atoms with Gasteiger partial charge < -0.3 is 5.32 Å². The third-order valence-corrected chi connectivity index (χ3v) is 4.29. The van der Waals surface area contributed by atoms with E-state index in [1.54, 1.807) is 12.5 Å². The Hall–Kier alpha value is -2.95. The first-order valence-electron chi connectivity index (χ1n) is 8.14. The van der Waals surface area contributed by atoms with Crippen molar-refractivity contribution in [3.05, 3.63) is 61.1 Å². The smallest absolute Gasteiger partial charge is 0.225 e. The van der Waals surface area contributed by atoms with Gasteiger partial charge in [-0.05, 0) is 43.0 Å². The van der Waals surface area contributed by atoms with Gasteiger partial charge in [-0.3, -0.25) is 9.36 Å². The maximum Gasteiger partial charge on any atom is 0.225 e. The van der Waals surface area contributed by atoms with Gasteiger partial charge in [-0.15, -0.1) is 0 Å². The molecule has 0 saturated carbocycles. The highest BCUT2D eigenvalue weighted by Gasteiger charge is 2.14. The van der Waals surface area contributed by atoms with Crippen LogP contribution in [0.4, 0.5) is 5.69 Å². The van der Waals surface area contributed by atoms with Crippen LogP contribution in [-0.4, -0.2) is 20.4 Å². The number of para-hydroxylation sites is 2. The van der Waals surface area contributed by atoms with E-state index in [1.807, 2.05) is 41.0 Å². The summed E-state index contributed by atoms with van der Waals surface area (Å²) in [6.45, 7) is 0. The first kappa shape index (κ1) is 14.6. The lowest BCUT2D eigenvalue weighted by molar-refractivity contribution is -0.116. The maximum absolute atomic E-state index is 12.1. The van der Waals surface area contributed by atoms with Gasteiger partial charge in [0.25, 0.3) is 0 Å². The average Bonchev–Trinajstić information content (AvgIpc) is 3.25. The van der Waals surface area contributed by atoms with Crippen LogP contribution in [0.25, 0.3) is 16.9 Å². The van der Waals surface area contributed by atoms with Gasteiger partial charge in [0.05, 0.1) is 22.9 Å². The third kappa shape index (κ3) is 2.93. The fourth-order valence-corrected chi connectivity index (χ4v) is 3.06. The first-order chi connectivity index (χ1) is 11.8. The molecule has 4 rings (SSSR count). The van der Waals surface area contributed by atoms with E-state index in [2.05, 4.69) is 27.4 Å². The topological polar surface area (TPSA) is 59.8 Å². The van der Waals surface area contributed by atoms with E-state index in [0.717, 1.165) is 35.4 Å². The molecule has 5 heteroatoms. The summed E-state index contributed by atoms with van der Waals surface area (Å²) < 4.78 is 1.93. The zero-order valence-electron chi connectivity index (χ0n) is 13.2. The fourth-order valence-electron chi connectivity index (χ4n) is 3.06. The van der Waals surface area contributed by atoms with Crippen LogP contribution in [0.2, 0.25) is 0 Å². The molecule has 24 heavy (non-hydrogen) atoms. The van der Waals surface area contributed by atoms with Crippen LogP contribution in [0, 0.1) is 5.92 Å². The van der Waals surface area contributed by atoms with Crippen molar-refractivity contribution in [3.63, 3.8) is 0 Å². The van der Waals surface area contributed by atoms with Gasteiger partial charge in [0, 0.05) is 6.42 Å². The molecule has 3 aromatic rings. The number of imidazole rings is 1. The molecular weight excluding hydrogens is 300 g/mol. The Labute approximate surface area is 140 Å². The highest BCUT2D eigenvalue weighted by molar-refractivity contribution is 5.90. The SMILES string of the molecule is O=C(C[C@@H]1C=CCC1)Nc1ccc(-n2cnc3ccccc32)nc1. The van der Waals surface area contributed by atoms with E-state index in [1.165, 1.54) is 0 Å². The lowest BCUT2D eigenvalue weighted by Crippen LogP contribution is -2.15. The number of amides is 1. The Balaban J connectivity index is 1.48. The molecule has 0 spiro atoms. The summed E-state index contributed by atoms with van der Waals surface area (Å²) in [4.78, 5) is 20.9. The number of hydrogen-bond donors (Lipinski definition) is 1. The maximum atomic E-state index is 12.1. The lowest BCUT2D eigenvalue weighted by atomic mass is 10.1. The van der Waals surface area contributed by atoms with Crippen molar-refractivity contribution in [1.29, 1.82) is 0 Å². The predicted octanol–water partition coefficient (Wildman–Crippen LogP) is 3.72. The number of hydrogen-bond acceptors (Lipinski definition) is 3. The molecule has 0 unspecified atom stereocenters. The van der Waals surface area contributed by atoms with E-state index in [9.17, 15) is 4.79 Å². The number of nitrogens with one attached hydrogen (secondary N) is 1. The molecular formula is C19H18N4O. The van der Waals surface area contributed by atoms with Gasteiger partial charge >= 0.3 is 0 Å². The quantitative estimate of drug-likeness (QED) is 0.746. The number of aromatic nitrogens is 3. The number of allylic oxidation sites excluding steroid dienone is 2. The molecule has 1 N–H and O–H groups in total. The molecule has 2 aromatic heterocycles. The first-order valence-corrected chi connectivity index (χ1v) is 8.14. The molecule has 0 fully saturated rings. The Bertz CT molecular complexity index is 895. The molecule has 1 atom stereocenters. The van der Waals surface area contributed by atoms with Gasteiger partial charge in [0.15, 0.2) is 0 Å². The fraction of sp³-hybridized carbons (Fsp3) is 0.211. The molecule has 0 bridgehead atoms. The number of benzene rings is 1. The summed E-state index contributed by atoms with van der Waals surface area (Å²) in [5.41, 5.74) is 2.66. The van der Waals surface area contributed by atoms with Gasteiger partial charge in [0.2, 0.25) is 5.91 Å². The van der Waals surface area contributed by atoms with Crippen LogP contribution in [0.1, 0.15) is 19.3 Å². The summed E-state index contributed by atoms with van der Waals surface area (Å²) in [5, 5.41) is 2.92. The minimum atomic E-state index is 0.0363. The van der Waals surface area contributed by atoms with E-state index in [0.29, 0.717) is 12.3 Å². The highest BCUT2D eigenvalue weighted by atomic mass is 16.1. The monoisotopic (exact) mass is 318 g/mol. The van der Waals surface area contributed by atoms with E-state index < -0.39 is 0 Å². The van der Waals surface area contributed by atoms with E-state index in [-0.39, 0.29) is 5.91 Å². The number of carbonyl (C=O) groups is 1. The van der Waals surface area contributed by atoms with Gasteiger partial charge in [-0.25, -0.2) is 9.97 Å². The van der Waals surface area contributed by atoms with Crippen molar-refractivity contribution in [2.45, 2.75) is 19.3 Å². The molecule has 2 heterocycles. The van der Waals surface area contributed by atoms with Crippen molar-refractivity contribution >= 4 is 22.6 Å². The minimum absolute atomic E-state index is 0.0363. The van der Waals surface area contributed by atoms with E-state index in [4.69, 9.17) is 0 Å². The largest absolute Gasteiger partial charge is 0.325 e. The molecule has 1 amide bonds. The van der Waals surface area contributed by atoms with Crippen LogP contribution < -0.4 is 5.32 Å². The Morgan fingerprint density at radius 2 is 2.12 bits per heavy atom. The Morgan fingerprint density at radius 1 is 1.21 bits per heavy atom. The third-order valence-electron chi connectivity index (χ3n) is 4.29. The van der Waals surface area contributed by atoms with Crippen LogP contribution in [0.3, 0.4) is 0 Å². The molecule has 0 aliphatic heterocycles. The summed E-state index contributed by atoms with van der Waals surface area (Å²) >= 11 is 0. The van der Waals surface area contributed by atoms with Crippen LogP contribution in [-0.2, 0) is 4.79 Å². The van der Waals surface area contributed by atoms with Crippen molar-refractivity contribution in [1.82, 2.24) is 14.5 Å². The van der Waals surface area contributed by atoms with Crippen LogP contribution in [0.5, 0.6) is 0 Å². The summed E-state index contributed by atoms with van der Waals surface area (Å²) in [6, 6.07) is 11.7. The predicted molar refractivity (Wildman–Crippen MR) is 94.0 cm³/mol. The van der Waals surface area contributed by atoms with Crippen molar-refractivity contribution in [2.24, 2.45) is 5.92 Å². The number of pyridine rings is 1. The number of nitrogens with zero attached hydrogens (tertiary/aromatic N) is 3. The molecule has 0 radical (unpaired) electrons. The Kier molecular flexibility index (Phi) is 3.83. The number of carbonyl (C=O) groups excluding carboxylic acids is 1. The van der Waals surface area contributed by atoms with Crippen LogP contribution in [0.15, 0.2) is 61.1 Å². The summed E-state index contributed by atoms with van der Waals surface area (Å²) in [7, 11) is 0. The molecule has 120 valence electrons. The average molecular weight is 318 g/mol. The second kappa shape index (κ2) is 6.28. The van der Waals surface area contributed by atoms with Crippen molar-refractivity contribution < 1.29 is 4.79 Å².